The summed E-state index contributed by atoms with van der Waals surface area (Å²) in [7, 11) is -0.870. The average molecular weight is 292 g/mol. The molecule has 7 heteroatoms. The largest absolute Gasteiger partial charge is 0.481 e. The third-order valence-electron chi connectivity index (χ3n) is 2.71. The van der Waals surface area contributed by atoms with E-state index in [0.29, 0.717) is 18.6 Å². The zero-order chi connectivity index (χ0) is 14.8. The third kappa shape index (κ3) is 9.47. The van der Waals surface area contributed by atoms with E-state index in [2.05, 4.69) is 10.6 Å². The average Bonchev–Trinajstić information content (AvgIpc) is 2.31. The summed E-state index contributed by atoms with van der Waals surface area (Å²) in [4.78, 5) is 22.4. The summed E-state index contributed by atoms with van der Waals surface area (Å²) in [5, 5.41) is 14.2. The molecule has 3 atom stereocenters. The number of hydrogen-bond acceptors (Lipinski definition) is 3. The number of carbonyl (C=O) groups excluding carboxylic acids is 1. The van der Waals surface area contributed by atoms with Crippen LogP contribution in [0.1, 0.15) is 33.1 Å². The molecule has 0 aromatic rings. The highest BCUT2D eigenvalue weighted by molar-refractivity contribution is 7.84. The number of aliphatic carboxylic acids is 1. The van der Waals surface area contributed by atoms with Crippen molar-refractivity contribution in [2.24, 2.45) is 5.92 Å². The Morgan fingerprint density at radius 2 is 1.95 bits per heavy atom. The van der Waals surface area contributed by atoms with Gasteiger partial charge in [-0.25, -0.2) is 4.79 Å². The molecule has 0 heterocycles. The molecule has 0 radical (unpaired) electrons. The maximum Gasteiger partial charge on any atom is 0.315 e. The van der Waals surface area contributed by atoms with Crippen molar-refractivity contribution in [3.05, 3.63) is 0 Å². The van der Waals surface area contributed by atoms with E-state index < -0.39 is 22.7 Å². The van der Waals surface area contributed by atoms with Gasteiger partial charge in [0, 0.05) is 35.4 Å². The van der Waals surface area contributed by atoms with E-state index in [1.807, 2.05) is 13.8 Å². The molecule has 0 fully saturated rings. The molecule has 2 amide bonds. The molecule has 0 bridgehead atoms. The highest BCUT2D eigenvalue weighted by atomic mass is 32.2. The lowest BCUT2D eigenvalue weighted by molar-refractivity contribution is -0.141. The normalized spacial score (nSPS) is 15.3. The third-order valence-corrected chi connectivity index (χ3v) is 3.52. The second-order valence-corrected chi connectivity index (χ2v) is 6.20. The monoisotopic (exact) mass is 292 g/mol. The van der Waals surface area contributed by atoms with Crippen molar-refractivity contribution >= 4 is 22.8 Å². The first-order valence-electron chi connectivity index (χ1n) is 6.44. The van der Waals surface area contributed by atoms with Crippen LogP contribution in [0.25, 0.3) is 0 Å². The standard InChI is InChI=1S/C12H24N2O4S/c1-4-5-10(11(15)16)8-13-12(17)14-9(2)6-7-19(3)18/h9-10H,4-8H2,1-3H3,(H,15,16)(H2,13,14,17). The van der Waals surface area contributed by atoms with Gasteiger partial charge in [0.25, 0.3) is 0 Å². The molecule has 6 nitrogen and oxygen atoms in total. The van der Waals surface area contributed by atoms with Crippen LogP contribution in [-0.2, 0) is 15.6 Å². The van der Waals surface area contributed by atoms with Crippen molar-refractivity contribution < 1.29 is 18.9 Å². The minimum absolute atomic E-state index is 0.0849. The number of nitrogens with one attached hydrogen (secondary N) is 2. The zero-order valence-electron chi connectivity index (χ0n) is 11.8. The van der Waals surface area contributed by atoms with Crippen LogP contribution in [0.2, 0.25) is 0 Å². The van der Waals surface area contributed by atoms with Gasteiger partial charge in [-0.05, 0) is 19.8 Å². The molecular weight excluding hydrogens is 268 g/mol. The Kier molecular flexibility index (Phi) is 9.20. The molecule has 0 aromatic carbocycles. The van der Waals surface area contributed by atoms with E-state index in [0.717, 1.165) is 6.42 Å². The Labute approximate surface area is 116 Å². The number of rotatable bonds is 9. The molecule has 0 aliphatic rings. The number of amides is 2. The zero-order valence-corrected chi connectivity index (χ0v) is 12.6. The van der Waals surface area contributed by atoms with Crippen molar-refractivity contribution in [2.75, 3.05) is 18.6 Å². The molecule has 0 spiro atoms. The van der Waals surface area contributed by atoms with Gasteiger partial charge in [-0.15, -0.1) is 0 Å². The second-order valence-electron chi connectivity index (χ2n) is 4.65. The van der Waals surface area contributed by atoms with Crippen LogP contribution >= 0.6 is 0 Å². The number of carboxylic acid groups (broad SMARTS) is 1. The molecule has 0 saturated heterocycles. The topological polar surface area (TPSA) is 95.5 Å². The van der Waals surface area contributed by atoms with Crippen LogP contribution in [0.5, 0.6) is 0 Å². The molecule has 19 heavy (non-hydrogen) atoms. The predicted octanol–water partition coefficient (Wildman–Crippen LogP) is 0.944. The van der Waals surface area contributed by atoms with E-state index in [-0.39, 0.29) is 18.6 Å². The fraction of sp³-hybridized carbons (Fsp3) is 0.833. The lowest BCUT2D eigenvalue weighted by Gasteiger charge is -2.16. The first kappa shape index (κ1) is 17.9. The highest BCUT2D eigenvalue weighted by Gasteiger charge is 2.17. The molecule has 112 valence electrons. The van der Waals surface area contributed by atoms with Crippen LogP contribution in [0.3, 0.4) is 0 Å². The molecule has 3 N–H and O–H groups in total. The van der Waals surface area contributed by atoms with E-state index in [4.69, 9.17) is 5.11 Å². The smallest absolute Gasteiger partial charge is 0.315 e. The lowest BCUT2D eigenvalue weighted by Crippen LogP contribution is -2.43. The van der Waals surface area contributed by atoms with Crippen molar-refractivity contribution in [1.29, 1.82) is 0 Å². The first-order valence-corrected chi connectivity index (χ1v) is 8.16. The lowest BCUT2D eigenvalue weighted by atomic mass is 10.0. The van der Waals surface area contributed by atoms with Crippen LogP contribution in [0.15, 0.2) is 0 Å². The van der Waals surface area contributed by atoms with Crippen LogP contribution in [0.4, 0.5) is 4.79 Å². The van der Waals surface area contributed by atoms with Gasteiger partial charge in [-0.1, -0.05) is 13.3 Å². The minimum atomic E-state index is -0.892. The maximum absolute atomic E-state index is 11.5. The van der Waals surface area contributed by atoms with Gasteiger partial charge in [-0.2, -0.15) is 0 Å². The molecule has 0 aliphatic heterocycles. The summed E-state index contributed by atoms with van der Waals surface area (Å²) < 4.78 is 10.9. The summed E-state index contributed by atoms with van der Waals surface area (Å²) >= 11 is 0. The van der Waals surface area contributed by atoms with Crippen molar-refractivity contribution in [3.8, 4) is 0 Å². The number of hydrogen-bond donors (Lipinski definition) is 3. The van der Waals surface area contributed by atoms with Gasteiger partial charge in [0.05, 0.1) is 5.92 Å². The predicted molar refractivity (Wildman–Crippen MR) is 75.6 cm³/mol. The molecule has 3 unspecified atom stereocenters. The van der Waals surface area contributed by atoms with Crippen molar-refractivity contribution in [1.82, 2.24) is 10.6 Å². The van der Waals surface area contributed by atoms with Gasteiger partial charge in [0.2, 0.25) is 0 Å². The quantitative estimate of drug-likeness (QED) is 0.589. The van der Waals surface area contributed by atoms with Crippen LogP contribution < -0.4 is 10.6 Å². The summed E-state index contributed by atoms with van der Waals surface area (Å²) in [6.45, 7) is 3.86. The minimum Gasteiger partial charge on any atom is -0.481 e. The number of urea groups is 1. The van der Waals surface area contributed by atoms with E-state index in [9.17, 15) is 13.8 Å². The fourth-order valence-corrected chi connectivity index (χ4v) is 2.25. The molecule has 0 saturated carbocycles. The van der Waals surface area contributed by atoms with Crippen LogP contribution in [-0.4, -0.2) is 45.9 Å². The highest BCUT2D eigenvalue weighted by Crippen LogP contribution is 2.04. The van der Waals surface area contributed by atoms with E-state index >= 15 is 0 Å². The molecule has 0 aromatic heterocycles. The van der Waals surface area contributed by atoms with Crippen molar-refractivity contribution in [3.63, 3.8) is 0 Å². The van der Waals surface area contributed by atoms with Crippen LogP contribution in [0, 0.1) is 5.92 Å². The Morgan fingerprint density at radius 3 is 2.42 bits per heavy atom. The second kappa shape index (κ2) is 9.77. The SMILES string of the molecule is CCCC(CNC(=O)NC(C)CCS(C)=O)C(=O)O. The maximum atomic E-state index is 11.5. The fourth-order valence-electron chi connectivity index (χ4n) is 1.57. The molecule has 0 aliphatic carbocycles. The molecular formula is C12H24N2O4S. The van der Waals surface area contributed by atoms with Gasteiger partial charge in [0.1, 0.15) is 0 Å². The van der Waals surface area contributed by atoms with Crippen molar-refractivity contribution in [2.45, 2.75) is 39.2 Å². The van der Waals surface area contributed by atoms with E-state index in [1.54, 1.807) is 6.26 Å². The Bertz CT molecular complexity index is 323. The summed E-state index contributed by atoms with van der Waals surface area (Å²) in [6.07, 6.45) is 3.56. The van der Waals surface area contributed by atoms with E-state index in [1.165, 1.54) is 0 Å². The first-order chi connectivity index (χ1) is 8.86. The summed E-state index contributed by atoms with van der Waals surface area (Å²) in [5.41, 5.74) is 0. The van der Waals surface area contributed by atoms with Gasteiger partial charge < -0.3 is 15.7 Å². The Morgan fingerprint density at radius 1 is 1.32 bits per heavy atom. The van der Waals surface area contributed by atoms with Gasteiger partial charge >= 0.3 is 12.0 Å². The summed E-state index contributed by atoms with van der Waals surface area (Å²) in [6, 6.07) is -0.463. The number of carbonyl (C=O) groups is 2. The van der Waals surface area contributed by atoms with Gasteiger partial charge in [0.15, 0.2) is 0 Å². The van der Waals surface area contributed by atoms with Gasteiger partial charge in [-0.3, -0.25) is 9.00 Å². The number of carboxylic acids is 1. The Balaban J connectivity index is 3.96. The summed E-state index contributed by atoms with van der Waals surface area (Å²) in [5.74, 6) is -0.902. The Hall–Kier alpha value is -1.11. The molecule has 0 rings (SSSR count).